The summed E-state index contributed by atoms with van der Waals surface area (Å²) in [6.07, 6.45) is 1.52. The lowest BCUT2D eigenvalue weighted by molar-refractivity contribution is 0.318. The fraction of sp³-hybridized carbons (Fsp3) is 0.235. The van der Waals surface area contributed by atoms with Crippen molar-refractivity contribution < 1.29 is 13.6 Å². The van der Waals surface area contributed by atoms with E-state index in [1.54, 1.807) is 19.1 Å². The lowest BCUT2D eigenvalue weighted by atomic mass is 10.0. The minimum atomic E-state index is -3.33. The van der Waals surface area contributed by atoms with Gasteiger partial charge in [0.1, 0.15) is 11.0 Å². The van der Waals surface area contributed by atoms with Crippen LogP contribution in [0.4, 0.5) is 0 Å². The van der Waals surface area contributed by atoms with Crippen LogP contribution in [0.5, 0.6) is 0 Å². The van der Waals surface area contributed by atoms with E-state index in [9.17, 15) is 13.6 Å². The van der Waals surface area contributed by atoms with Crippen LogP contribution in [-0.4, -0.2) is 30.8 Å². The Morgan fingerprint density at radius 2 is 1.59 bits per heavy atom. The van der Waals surface area contributed by atoms with E-state index in [4.69, 9.17) is 0 Å². The van der Waals surface area contributed by atoms with E-state index >= 15 is 0 Å². The summed E-state index contributed by atoms with van der Waals surface area (Å²) < 4.78 is 23.7. The normalized spacial score (nSPS) is 13.8. The summed E-state index contributed by atoms with van der Waals surface area (Å²) in [5, 5.41) is 11.7. The third-order valence-corrected chi connectivity index (χ3v) is 5.18. The van der Waals surface area contributed by atoms with Crippen LogP contribution >= 0.6 is 0 Å². The second kappa shape index (κ2) is 6.75. The van der Waals surface area contributed by atoms with Gasteiger partial charge in [0.15, 0.2) is 9.84 Å². The van der Waals surface area contributed by atoms with E-state index in [-0.39, 0.29) is 5.71 Å². The molecule has 2 aromatic carbocycles. The van der Waals surface area contributed by atoms with E-state index in [1.807, 2.05) is 42.5 Å². The van der Waals surface area contributed by atoms with Gasteiger partial charge in [-0.15, -0.1) is 0 Å². The Labute approximate surface area is 131 Å². The lowest BCUT2D eigenvalue weighted by Crippen LogP contribution is -2.29. The molecule has 0 fully saturated rings. The van der Waals surface area contributed by atoms with Crippen molar-refractivity contribution in [2.75, 3.05) is 6.26 Å². The highest BCUT2D eigenvalue weighted by Gasteiger charge is 2.26. The number of benzene rings is 2. The molecule has 0 amide bonds. The summed E-state index contributed by atoms with van der Waals surface area (Å²) in [7, 11) is -3.33. The molecule has 0 aliphatic rings. The molecule has 0 aliphatic carbocycles. The highest BCUT2D eigenvalue weighted by Crippen LogP contribution is 2.21. The molecule has 0 saturated carbocycles. The predicted octanol–water partition coefficient (Wildman–Crippen LogP) is 3.36. The molecule has 1 atom stereocenters. The van der Waals surface area contributed by atoms with Crippen molar-refractivity contribution in [3.8, 4) is 11.1 Å². The van der Waals surface area contributed by atoms with Gasteiger partial charge in [-0.25, -0.2) is 8.42 Å². The first-order chi connectivity index (χ1) is 10.5. The molecule has 2 rings (SSSR count). The number of sulfone groups is 1. The van der Waals surface area contributed by atoms with Gasteiger partial charge >= 0.3 is 0 Å². The van der Waals surface area contributed by atoms with Crippen molar-refractivity contribution in [1.82, 2.24) is 0 Å². The van der Waals surface area contributed by atoms with Gasteiger partial charge in [-0.05, 0) is 17.5 Å². The number of rotatable bonds is 5. The molecule has 4 nitrogen and oxygen atoms in total. The zero-order valence-electron chi connectivity index (χ0n) is 12.6. The third-order valence-electron chi connectivity index (χ3n) is 3.59. The quantitative estimate of drug-likeness (QED) is 0.522. The molecule has 0 unspecified atom stereocenters. The molecule has 0 spiro atoms. The van der Waals surface area contributed by atoms with Crippen molar-refractivity contribution in [2.24, 2.45) is 5.16 Å². The fourth-order valence-electron chi connectivity index (χ4n) is 2.47. The number of oxime groups is 1. The van der Waals surface area contributed by atoms with Crippen LogP contribution in [0.2, 0.25) is 0 Å². The number of hydrogen-bond donors (Lipinski definition) is 1. The van der Waals surface area contributed by atoms with Crippen LogP contribution in [-0.2, 0) is 9.84 Å². The SMILES string of the molecule is CC[C@H](/C(=N\O)c1ccc(-c2ccccc2)cc1)S(C)(=O)=O. The summed E-state index contributed by atoms with van der Waals surface area (Å²) in [5.74, 6) is 0. The molecule has 22 heavy (non-hydrogen) atoms. The molecular weight excluding hydrogens is 298 g/mol. The summed E-state index contributed by atoms with van der Waals surface area (Å²) in [6, 6.07) is 17.2. The van der Waals surface area contributed by atoms with Crippen LogP contribution in [0.3, 0.4) is 0 Å². The first kappa shape index (κ1) is 16.2. The molecule has 0 aliphatic heterocycles. The smallest absolute Gasteiger partial charge is 0.156 e. The molecule has 2 aromatic rings. The van der Waals surface area contributed by atoms with Gasteiger partial charge in [-0.3, -0.25) is 0 Å². The highest BCUT2D eigenvalue weighted by atomic mass is 32.2. The summed E-state index contributed by atoms with van der Waals surface area (Å²) in [6.45, 7) is 1.76. The maximum Gasteiger partial charge on any atom is 0.156 e. The van der Waals surface area contributed by atoms with Crippen molar-refractivity contribution in [2.45, 2.75) is 18.6 Å². The Morgan fingerprint density at radius 1 is 1.05 bits per heavy atom. The number of hydrogen-bond acceptors (Lipinski definition) is 4. The average Bonchev–Trinajstić information content (AvgIpc) is 2.52. The molecule has 0 bridgehead atoms. The first-order valence-corrected chi connectivity index (χ1v) is 8.99. The standard InChI is InChI=1S/C17H19NO3S/c1-3-16(22(2,20)21)17(18-19)15-11-9-14(10-12-15)13-7-5-4-6-8-13/h4-12,16,19H,3H2,1-2H3/b18-17-/t16-/m1/s1. The van der Waals surface area contributed by atoms with Crippen molar-refractivity contribution in [3.05, 3.63) is 60.2 Å². The average molecular weight is 317 g/mol. The largest absolute Gasteiger partial charge is 0.411 e. The van der Waals surface area contributed by atoms with Crippen LogP contribution in [0.1, 0.15) is 18.9 Å². The van der Waals surface area contributed by atoms with E-state index < -0.39 is 15.1 Å². The maximum atomic E-state index is 11.8. The zero-order chi connectivity index (χ0) is 16.2. The van der Waals surface area contributed by atoms with Gasteiger partial charge in [0.2, 0.25) is 0 Å². The van der Waals surface area contributed by atoms with Crippen LogP contribution in [0.25, 0.3) is 11.1 Å². The summed E-state index contributed by atoms with van der Waals surface area (Å²) in [5.41, 5.74) is 2.89. The minimum absolute atomic E-state index is 0.185. The molecule has 116 valence electrons. The second-order valence-corrected chi connectivity index (χ2v) is 7.38. The van der Waals surface area contributed by atoms with Gasteiger partial charge in [0.05, 0.1) is 0 Å². The summed E-state index contributed by atoms with van der Waals surface area (Å²) >= 11 is 0. The van der Waals surface area contributed by atoms with Crippen LogP contribution < -0.4 is 0 Å². The molecule has 0 saturated heterocycles. The molecular formula is C17H19NO3S. The predicted molar refractivity (Wildman–Crippen MR) is 89.1 cm³/mol. The van der Waals surface area contributed by atoms with Gasteiger partial charge in [0.25, 0.3) is 0 Å². The van der Waals surface area contributed by atoms with E-state index in [0.29, 0.717) is 12.0 Å². The van der Waals surface area contributed by atoms with E-state index in [1.165, 1.54) is 0 Å². The molecule has 0 radical (unpaired) electrons. The van der Waals surface area contributed by atoms with Crippen LogP contribution in [0.15, 0.2) is 59.8 Å². The van der Waals surface area contributed by atoms with Crippen molar-refractivity contribution in [1.29, 1.82) is 0 Å². The van der Waals surface area contributed by atoms with Gasteiger partial charge < -0.3 is 5.21 Å². The Balaban J connectivity index is 2.37. The van der Waals surface area contributed by atoms with Gasteiger partial charge in [-0.1, -0.05) is 66.7 Å². The fourth-order valence-corrected chi connectivity index (χ4v) is 3.67. The lowest BCUT2D eigenvalue weighted by Gasteiger charge is -2.15. The Morgan fingerprint density at radius 3 is 2.05 bits per heavy atom. The zero-order valence-corrected chi connectivity index (χ0v) is 13.4. The Hall–Kier alpha value is -2.14. The van der Waals surface area contributed by atoms with E-state index in [2.05, 4.69) is 5.16 Å². The monoisotopic (exact) mass is 317 g/mol. The second-order valence-electron chi connectivity index (χ2n) is 5.16. The first-order valence-electron chi connectivity index (χ1n) is 7.04. The highest BCUT2D eigenvalue weighted by molar-refractivity contribution is 7.92. The number of nitrogens with zero attached hydrogens (tertiary/aromatic N) is 1. The van der Waals surface area contributed by atoms with E-state index in [0.717, 1.165) is 17.4 Å². The topological polar surface area (TPSA) is 66.7 Å². The minimum Gasteiger partial charge on any atom is -0.411 e. The molecule has 5 heteroatoms. The summed E-state index contributed by atoms with van der Waals surface area (Å²) in [4.78, 5) is 0. The molecule has 0 aromatic heterocycles. The van der Waals surface area contributed by atoms with Crippen LogP contribution in [0, 0.1) is 0 Å². The molecule has 1 N–H and O–H groups in total. The third kappa shape index (κ3) is 3.54. The Bertz CT molecular complexity index is 750. The van der Waals surface area contributed by atoms with Gasteiger partial charge in [0, 0.05) is 11.8 Å². The Kier molecular flexibility index (Phi) is 4.98. The van der Waals surface area contributed by atoms with Crippen molar-refractivity contribution >= 4 is 15.5 Å². The molecule has 0 heterocycles. The maximum absolute atomic E-state index is 11.8. The van der Waals surface area contributed by atoms with Gasteiger partial charge in [-0.2, -0.15) is 0 Å². The van der Waals surface area contributed by atoms with Crippen molar-refractivity contribution in [3.63, 3.8) is 0 Å².